The van der Waals surface area contributed by atoms with Crippen LogP contribution in [0.25, 0.3) is 5.65 Å². The van der Waals surface area contributed by atoms with Crippen molar-refractivity contribution in [3.63, 3.8) is 0 Å². The fourth-order valence-electron chi connectivity index (χ4n) is 5.33. The maximum atomic E-state index is 12.7. The molecule has 6 rings (SSSR count). The maximum absolute atomic E-state index is 12.7. The van der Waals surface area contributed by atoms with Crippen molar-refractivity contribution in [2.75, 3.05) is 37.7 Å². The van der Waals surface area contributed by atoms with E-state index in [0.717, 1.165) is 11.4 Å². The zero-order chi connectivity index (χ0) is 27.1. The van der Waals surface area contributed by atoms with Gasteiger partial charge in [-0.1, -0.05) is 43.3 Å². The lowest BCUT2D eigenvalue weighted by Gasteiger charge is -2.48. The Morgan fingerprint density at radius 3 is 2.67 bits per heavy atom. The number of anilines is 1. The molecule has 3 aromatic heterocycles. The Morgan fingerprint density at radius 1 is 1.10 bits per heavy atom. The van der Waals surface area contributed by atoms with Crippen molar-refractivity contribution in [2.45, 2.75) is 31.4 Å². The van der Waals surface area contributed by atoms with Crippen LogP contribution in [-0.2, 0) is 0 Å². The van der Waals surface area contributed by atoms with Crippen LogP contribution in [0.4, 0.5) is 10.6 Å². The van der Waals surface area contributed by atoms with Crippen molar-refractivity contribution < 1.29 is 14.6 Å². The van der Waals surface area contributed by atoms with Crippen LogP contribution in [0.15, 0.2) is 65.6 Å². The van der Waals surface area contributed by atoms with E-state index in [1.165, 1.54) is 11.6 Å². The SMILES string of the molecule is Cc1cc(OC[C@H](C)c2ccccc2)cn2nc(C(O)CN3CC4(CN(c5cccc(=O)[nH]5)C4)NC3=O)nc12. The van der Waals surface area contributed by atoms with Gasteiger partial charge in [0, 0.05) is 31.6 Å². The molecule has 2 atom stereocenters. The highest BCUT2D eigenvalue weighted by atomic mass is 16.5. The number of aromatic nitrogens is 4. The lowest BCUT2D eigenvalue weighted by Crippen LogP contribution is -2.69. The van der Waals surface area contributed by atoms with E-state index in [1.807, 2.05) is 42.2 Å². The Morgan fingerprint density at radius 2 is 1.90 bits per heavy atom. The Labute approximate surface area is 225 Å². The molecule has 2 aliphatic heterocycles. The van der Waals surface area contributed by atoms with Crippen LogP contribution in [0, 0.1) is 6.92 Å². The van der Waals surface area contributed by atoms with Gasteiger partial charge in [-0.2, -0.15) is 0 Å². The molecule has 0 radical (unpaired) electrons. The van der Waals surface area contributed by atoms with Gasteiger partial charge in [-0.15, -0.1) is 5.10 Å². The molecule has 1 unspecified atom stereocenters. The highest BCUT2D eigenvalue weighted by Gasteiger charge is 2.51. The number of rotatable bonds is 8. The Kier molecular flexibility index (Phi) is 6.22. The lowest BCUT2D eigenvalue weighted by molar-refractivity contribution is 0.120. The molecule has 1 spiro atoms. The molecule has 11 nitrogen and oxygen atoms in total. The van der Waals surface area contributed by atoms with Crippen LogP contribution in [0.5, 0.6) is 5.75 Å². The third-order valence-electron chi connectivity index (χ3n) is 7.40. The number of nitrogens with zero attached hydrogens (tertiary/aromatic N) is 5. The molecule has 5 heterocycles. The predicted octanol–water partition coefficient (Wildman–Crippen LogP) is 2.23. The Hall–Kier alpha value is -4.38. The van der Waals surface area contributed by atoms with Crippen molar-refractivity contribution in [1.29, 1.82) is 0 Å². The summed E-state index contributed by atoms with van der Waals surface area (Å²) in [5.74, 6) is 1.87. The van der Waals surface area contributed by atoms with Crippen molar-refractivity contribution in [3.8, 4) is 5.75 Å². The minimum absolute atomic E-state index is 0.0730. The zero-order valence-corrected chi connectivity index (χ0v) is 21.9. The van der Waals surface area contributed by atoms with Gasteiger partial charge in [0.2, 0.25) is 5.56 Å². The first-order valence-electron chi connectivity index (χ1n) is 13.0. The van der Waals surface area contributed by atoms with E-state index in [-0.39, 0.29) is 29.9 Å². The molecule has 1 aromatic carbocycles. The molecule has 11 heteroatoms. The number of urea groups is 1. The van der Waals surface area contributed by atoms with Crippen molar-refractivity contribution >= 4 is 17.5 Å². The normalized spacial score (nSPS) is 17.8. The monoisotopic (exact) mass is 529 g/mol. The Bertz CT molecular complexity index is 1560. The standard InChI is InChI=1S/C28H31N7O4/c1-18-11-21(39-14-19(2)20-7-4-3-5-8-20)12-35-26(18)30-25(32-35)22(36)13-33-15-28(31-27(33)38)16-34(17-28)23-9-6-10-24(37)29-23/h3-12,19,22,36H,13-17H2,1-2H3,(H,29,37)(H,31,38)/t19-,22?/m0/s1. The van der Waals surface area contributed by atoms with Crippen LogP contribution < -0.4 is 20.5 Å². The van der Waals surface area contributed by atoms with Gasteiger partial charge in [-0.3, -0.25) is 4.79 Å². The topological polar surface area (TPSA) is 128 Å². The third-order valence-corrected chi connectivity index (χ3v) is 7.40. The van der Waals surface area contributed by atoms with Gasteiger partial charge in [0.1, 0.15) is 17.7 Å². The highest BCUT2D eigenvalue weighted by Crippen LogP contribution is 2.31. The zero-order valence-electron chi connectivity index (χ0n) is 21.9. The van der Waals surface area contributed by atoms with Crippen LogP contribution in [0.3, 0.4) is 0 Å². The molecule has 2 fully saturated rings. The molecule has 39 heavy (non-hydrogen) atoms. The van der Waals surface area contributed by atoms with Gasteiger partial charge in [0.25, 0.3) is 0 Å². The van der Waals surface area contributed by atoms with Crippen LogP contribution in [0.2, 0.25) is 0 Å². The van der Waals surface area contributed by atoms with E-state index in [9.17, 15) is 14.7 Å². The number of pyridine rings is 2. The summed E-state index contributed by atoms with van der Waals surface area (Å²) in [6, 6.07) is 16.9. The second-order valence-corrected chi connectivity index (χ2v) is 10.6. The van der Waals surface area contributed by atoms with Crippen molar-refractivity contribution in [3.05, 3.63) is 88.1 Å². The summed E-state index contributed by atoms with van der Waals surface area (Å²) >= 11 is 0. The van der Waals surface area contributed by atoms with Gasteiger partial charge in [0.15, 0.2) is 11.5 Å². The van der Waals surface area contributed by atoms with Crippen LogP contribution >= 0.6 is 0 Å². The van der Waals surface area contributed by atoms with Gasteiger partial charge in [-0.25, -0.2) is 14.3 Å². The summed E-state index contributed by atoms with van der Waals surface area (Å²) in [6.07, 6.45) is 0.715. The summed E-state index contributed by atoms with van der Waals surface area (Å²) in [7, 11) is 0. The summed E-state index contributed by atoms with van der Waals surface area (Å²) in [5.41, 5.74) is 2.12. The first-order valence-corrected chi connectivity index (χ1v) is 13.0. The Balaban J connectivity index is 1.09. The molecule has 3 N–H and O–H groups in total. The molecule has 202 valence electrons. The summed E-state index contributed by atoms with van der Waals surface area (Å²) in [5, 5.41) is 18.5. The molecular formula is C28H31N7O4. The van der Waals surface area contributed by atoms with E-state index in [1.54, 1.807) is 21.7 Å². The highest BCUT2D eigenvalue weighted by molar-refractivity contribution is 5.79. The van der Waals surface area contributed by atoms with Gasteiger partial charge in [-0.05, 0) is 30.2 Å². The minimum Gasteiger partial charge on any atom is -0.491 e. The van der Waals surface area contributed by atoms with Gasteiger partial charge >= 0.3 is 6.03 Å². The number of nitrogens with one attached hydrogen (secondary N) is 2. The summed E-state index contributed by atoms with van der Waals surface area (Å²) in [4.78, 5) is 35.3. The number of hydrogen-bond acceptors (Lipinski definition) is 7. The minimum atomic E-state index is -1.05. The number of amides is 2. The maximum Gasteiger partial charge on any atom is 0.318 e. The van der Waals surface area contributed by atoms with E-state index in [4.69, 9.17) is 4.74 Å². The molecule has 2 saturated heterocycles. The van der Waals surface area contributed by atoms with Crippen molar-refractivity contribution in [2.24, 2.45) is 0 Å². The number of ether oxygens (including phenoxy) is 1. The number of aryl methyl sites for hydroxylation is 1. The van der Waals surface area contributed by atoms with E-state index >= 15 is 0 Å². The smallest absolute Gasteiger partial charge is 0.318 e. The molecule has 2 amide bonds. The van der Waals surface area contributed by atoms with Gasteiger partial charge in [0.05, 0.1) is 24.9 Å². The molecule has 0 saturated carbocycles. The largest absolute Gasteiger partial charge is 0.491 e. The van der Waals surface area contributed by atoms with Crippen molar-refractivity contribution in [1.82, 2.24) is 29.8 Å². The van der Waals surface area contributed by atoms with Crippen LogP contribution in [0.1, 0.15) is 35.9 Å². The number of carbonyl (C=O) groups excluding carboxylic acids is 1. The van der Waals surface area contributed by atoms with Crippen LogP contribution in [-0.4, -0.2) is 73.9 Å². The predicted molar refractivity (Wildman–Crippen MR) is 145 cm³/mol. The number of hydrogen-bond donors (Lipinski definition) is 3. The molecule has 0 bridgehead atoms. The fourth-order valence-corrected chi connectivity index (χ4v) is 5.33. The number of aliphatic hydroxyl groups is 1. The third kappa shape index (κ3) is 4.92. The number of carbonyl (C=O) groups is 1. The first-order chi connectivity index (χ1) is 18.8. The first kappa shape index (κ1) is 24.9. The number of β-amino-alcohol motifs (C(OH)–C–C–N with tert-alkyl or cyclic N) is 1. The second-order valence-electron chi connectivity index (χ2n) is 10.6. The number of aromatic amines is 1. The molecular weight excluding hydrogens is 498 g/mol. The molecule has 2 aliphatic rings. The average molecular weight is 530 g/mol. The number of H-pyrrole nitrogens is 1. The molecule has 0 aliphatic carbocycles. The van der Waals surface area contributed by atoms with Gasteiger partial charge < -0.3 is 29.9 Å². The van der Waals surface area contributed by atoms with E-state index in [2.05, 4.69) is 39.4 Å². The second kappa shape index (κ2) is 9.73. The summed E-state index contributed by atoms with van der Waals surface area (Å²) in [6.45, 7) is 6.22. The number of aliphatic hydroxyl groups excluding tert-OH is 1. The average Bonchev–Trinajstić information content (AvgIpc) is 3.49. The van der Waals surface area contributed by atoms with E-state index in [0.29, 0.717) is 37.6 Å². The fraction of sp³-hybridized carbons (Fsp3) is 0.357. The number of benzene rings is 1. The molecule has 4 aromatic rings. The summed E-state index contributed by atoms with van der Waals surface area (Å²) < 4.78 is 7.67. The quantitative estimate of drug-likeness (QED) is 0.319. The number of fused-ring (bicyclic) bond motifs is 1. The lowest BCUT2D eigenvalue weighted by atomic mass is 9.90. The van der Waals surface area contributed by atoms with E-state index < -0.39 is 11.6 Å².